The van der Waals surface area contributed by atoms with Gasteiger partial charge in [-0.05, 0) is 48.2 Å². The molecule has 2 aliphatic rings. The molecule has 2 amide bonds. The van der Waals surface area contributed by atoms with Crippen LogP contribution in [0.2, 0.25) is 5.02 Å². The Morgan fingerprint density at radius 2 is 2.05 bits per heavy atom. The van der Waals surface area contributed by atoms with Crippen LogP contribution in [0.25, 0.3) is 5.82 Å². The van der Waals surface area contributed by atoms with E-state index in [1.807, 2.05) is 0 Å². The van der Waals surface area contributed by atoms with Gasteiger partial charge >= 0.3 is 6.18 Å². The third-order valence-electron chi connectivity index (χ3n) is 6.40. The van der Waals surface area contributed by atoms with E-state index in [1.165, 1.54) is 29.1 Å². The molecule has 1 aromatic carbocycles. The molecule has 3 aromatic rings. The van der Waals surface area contributed by atoms with Crippen molar-refractivity contribution in [2.45, 2.75) is 31.0 Å². The molecule has 1 atom stereocenters. The van der Waals surface area contributed by atoms with Gasteiger partial charge in [0, 0.05) is 18.9 Å². The highest BCUT2D eigenvalue weighted by atomic mass is 35.5. The van der Waals surface area contributed by atoms with Crippen LogP contribution in [0.3, 0.4) is 0 Å². The highest BCUT2D eigenvalue weighted by molar-refractivity contribution is 7.91. The fourth-order valence-electron chi connectivity index (χ4n) is 4.91. The number of carbonyl (C=O) groups is 2. The summed E-state index contributed by atoms with van der Waals surface area (Å²) in [5.41, 5.74) is 0.956. The Kier molecular flexibility index (Phi) is 6.58. The van der Waals surface area contributed by atoms with E-state index >= 15 is 0 Å². The smallest absolute Gasteiger partial charge is 0.422 e. The highest BCUT2D eigenvalue weighted by Gasteiger charge is 2.47. The first-order valence-electron chi connectivity index (χ1n) is 11.6. The van der Waals surface area contributed by atoms with Gasteiger partial charge in [-0.2, -0.15) is 23.0 Å². The van der Waals surface area contributed by atoms with Gasteiger partial charge in [0.2, 0.25) is 5.91 Å². The number of hydrogen-bond donors (Lipinski definition) is 2. The zero-order valence-electron chi connectivity index (χ0n) is 20.3. The number of nitrogens with zero attached hydrogens (tertiary/aromatic N) is 3. The lowest BCUT2D eigenvalue weighted by atomic mass is 9.82. The van der Waals surface area contributed by atoms with Crippen molar-refractivity contribution >= 4 is 39.1 Å². The van der Waals surface area contributed by atoms with Crippen molar-refractivity contribution in [3.63, 3.8) is 0 Å². The number of hydrogen-bond acceptors (Lipinski definition) is 7. The van der Waals surface area contributed by atoms with Crippen LogP contribution in [0.5, 0.6) is 5.75 Å². The molecule has 1 spiro atoms. The van der Waals surface area contributed by atoms with Gasteiger partial charge in [0.05, 0.1) is 16.3 Å². The molecular formula is C24H21ClF3N5O5S. The normalized spacial score (nSPS) is 18.4. The maximum Gasteiger partial charge on any atom is 0.422 e. The van der Waals surface area contributed by atoms with E-state index in [0.29, 0.717) is 23.6 Å². The van der Waals surface area contributed by atoms with E-state index in [-0.39, 0.29) is 29.4 Å². The van der Waals surface area contributed by atoms with Crippen molar-refractivity contribution in [1.82, 2.24) is 20.1 Å². The van der Waals surface area contributed by atoms with Crippen LogP contribution in [0, 0.1) is 0 Å². The summed E-state index contributed by atoms with van der Waals surface area (Å²) in [6.07, 6.45) is -1.07. The third kappa shape index (κ3) is 5.57. The summed E-state index contributed by atoms with van der Waals surface area (Å²) in [6.45, 7) is -1.42. The molecular weight excluding hydrogens is 563 g/mol. The number of fused-ring (bicyclic) bond motifs is 3. The quantitative estimate of drug-likeness (QED) is 0.456. The number of aryl methyl sites for hydroxylation is 1. The number of carbonyl (C=O) groups excluding carboxylic acids is 2. The molecule has 15 heteroatoms. The summed E-state index contributed by atoms with van der Waals surface area (Å²) in [5.74, 6) is -1.98. The lowest BCUT2D eigenvalue weighted by Gasteiger charge is -2.35. The molecule has 206 valence electrons. The first-order chi connectivity index (χ1) is 18.2. The molecule has 2 aromatic heterocycles. The van der Waals surface area contributed by atoms with Crippen molar-refractivity contribution in [1.29, 1.82) is 0 Å². The Hall–Kier alpha value is -3.65. The summed E-state index contributed by atoms with van der Waals surface area (Å²) >= 11 is 5.95. The number of pyridine rings is 1. The second-order valence-corrected chi connectivity index (χ2v) is 12.0. The molecule has 0 saturated heterocycles. The topological polar surface area (TPSA) is 132 Å². The predicted molar refractivity (Wildman–Crippen MR) is 134 cm³/mol. The molecule has 1 aliphatic heterocycles. The highest BCUT2D eigenvalue weighted by Crippen LogP contribution is 2.44. The molecule has 0 unspecified atom stereocenters. The van der Waals surface area contributed by atoms with Gasteiger partial charge < -0.3 is 15.4 Å². The Morgan fingerprint density at radius 3 is 2.72 bits per heavy atom. The number of amides is 2. The van der Waals surface area contributed by atoms with Crippen molar-refractivity contribution in [2.24, 2.45) is 0 Å². The summed E-state index contributed by atoms with van der Waals surface area (Å²) in [7, 11) is -3.66. The summed E-state index contributed by atoms with van der Waals surface area (Å²) in [5, 5.41) is 10.4. The van der Waals surface area contributed by atoms with Crippen LogP contribution in [0.15, 0.2) is 36.5 Å². The minimum atomic E-state index is -4.47. The minimum Gasteiger partial charge on any atom is -0.484 e. The first-order valence-corrected chi connectivity index (χ1v) is 14.0. The van der Waals surface area contributed by atoms with Gasteiger partial charge in [0.1, 0.15) is 17.1 Å². The van der Waals surface area contributed by atoms with Gasteiger partial charge in [-0.15, -0.1) is 0 Å². The molecule has 0 radical (unpaired) electrons. The number of rotatable bonds is 6. The average Bonchev–Trinajstić information content (AvgIpc) is 3.35. The van der Waals surface area contributed by atoms with Gasteiger partial charge in [-0.25, -0.2) is 13.4 Å². The standard InChI is InChI=1S/C24H21ClF3N5O5S/c1-39(36,37)11-19(34)30-21-20-17(32-33(21)18-5-2-14(25)10-29-18)9-23(31-22(20)35)7-6-13-8-15(3-4-16(13)23)38-12-24(26,27)28/h2-5,8,10H,6-7,9,11-12H2,1H3,(H,30,34)(H,31,35)/t23-/m0/s1. The lowest BCUT2D eigenvalue weighted by Crippen LogP contribution is -2.49. The van der Waals surface area contributed by atoms with Crippen LogP contribution in [0.1, 0.15) is 33.6 Å². The summed E-state index contributed by atoms with van der Waals surface area (Å²) in [6, 6.07) is 7.65. The fraction of sp³-hybridized carbons (Fsp3) is 0.333. The Balaban J connectivity index is 1.52. The Bertz CT molecular complexity index is 1590. The van der Waals surface area contributed by atoms with Crippen LogP contribution < -0.4 is 15.4 Å². The molecule has 0 bridgehead atoms. The molecule has 1 aliphatic carbocycles. The summed E-state index contributed by atoms with van der Waals surface area (Å²) in [4.78, 5) is 30.2. The van der Waals surface area contributed by atoms with Crippen LogP contribution >= 0.6 is 11.6 Å². The molecule has 0 fully saturated rings. The first kappa shape index (κ1) is 26.9. The fourth-order valence-corrected chi connectivity index (χ4v) is 5.57. The number of nitrogens with one attached hydrogen (secondary N) is 2. The number of aromatic nitrogens is 3. The van der Waals surface area contributed by atoms with Gasteiger partial charge in [-0.1, -0.05) is 17.7 Å². The zero-order chi connectivity index (χ0) is 28.2. The molecule has 3 heterocycles. The second kappa shape index (κ2) is 9.52. The Labute approximate surface area is 225 Å². The zero-order valence-corrected chi connectivity index (χ0v) is 21.9. The second-order valence-electron chi connectivity index (χ2n) is 9.47. The maximum atomic E-state index is 13.5. The monoisotopic (exact) mass is 583 g/mol. The number of benzene rings is 1. The van der Waals surface area contributed by atoms with Crippen LogP contribution in [-0.4, -0.2) is 59.8 Å². The van der Waals surface area contributed by atoms with Crippen molar-refractivity contribution < 1.29 is 35.9 Å². The molecule has 10 nitrogen and oxygen atoms in total. The molecule has 2 N–H and O–H groups in total. The maximum absolute atomic E-state index is 13.5. The van der Waals surface area contributed by atoms with E-state index in [9.17, 15) is 31.2 Å². The van der Waals surface area contributed by atoms with E-state index in [1.54, 1.807) is 12.1 Å². The van der Waals surface area contributed by atoms with E-state index in [0.717, 1.165) is 17.4 Å². The Morgan fingerprint density at radius 1 is 1.28 bits per heavy atom. The third-order valence-corrected chi connectivity index (χ3v) is 7.41. The minimum absolute atomic E-state index is 0.0464. The van der Waals surface area contributed by atoms with Crippen LogP contribution in [-0.2, 0) is 33.0 Å². The largest absolute Gasteiger partial charge is 0.484 e. The van der Waals surface area contributed by atoms with Gasteiger partial charge in [-0.3, -0.25) is 9.59 Å². The van der Waals surface area contributed by atoms with Crippen molar-refractivity contribution in [3.8, 4) is 11.6 Å². The number of halogens is 4. The predicted octanol–water partition coefficient (Wildman–Crippen LogP) is 2.97. The lowest BCUT2D eigenvalue weighted by molar-refractivity contribution is -0.153. The number of anilines is 1. The van der Waals surface area contributed by atoms with E-state index in [2.05, 4.69) is 20.7 Å². The van der Waals surface area contributed by atoms with Gasteiger partial charge in [0.25, 0.3) is 5.91 Å². The molecule has 39 heavy (non-hydrogen) atoms. The summed E-state index contributed by atoms with van der Waals surface area (Å²) < 4.78 is 67.2. The van der Waals surface area contributed by atoms with E-state index < -0.39 is 45.7 Å². The average molecular weight is 584 g/mol. The van der Waals surface area contributed by atoms with Crippen molar-refractivity contribution in [3.05, 3.63) is 63.9 Å². The van der Waals surface area contributed by atoms with Gasteiger partial charge in [0.15, 0.2) is 28.1 Å². The number of ether oxygens (including phenoxy) is 1. The SMILES string of the molecule is CS(=O)(=O)CC(=O)Nc1c2c(nn1-c1ccc(Cl)cn1)C[C@]1(CCc3cc(OCC(F)(F)F)ccc31)NC2=O. The number of sulfone groups is 1. The van der Waals surface area contributed by atoms with Crippen LogP contribution in [0.4, 0.5) is 19.0 Å². The number of alkyl halides is 3. The van der Waals surface area contributed by atoms with Crippen molar-refractivity contribution in [2.75, 3.05) is 23.9 Å². The van der Waals surface area contributed by atoms with E-state index in [4.69, 9.17) is 16.3 Å². The molecule has 5 rings (SSSR count). The molecule has 0 saturated carbocycles.